The third-order valence-corrected chi connectivity index (χ3v) is 6.51. The molecule has 0 radical (unpaired) electrons. The van der Waals surface area contributed by atoms with Crippen LogP contribution in [0.2, 0.25) is 0 Å². The first kappa shape index (κ1) is 18.0. The van der Waals surface area contributed by atoms with Gasteiger partial charge in [0.15, 0.2) is 0 Å². The number of rotatable bonds is 5. The molecule has 1 heterocycles. The Bertz CT molecular complexity index is 838. The second-order valence-electron chi connectivity index (χ2n) is 6.90. The predicted octanol–water partition coefficient (Wildman–Crippen LogP) is 3.94. The molecule has 0 amide bonds. The van der Waals surface area contributed by atoms with E-state index in [9.17, 15) is 8.42 Å². The summed E-state index contributed by atoms with van der Waals surface area (Å²) in [7, 11) is -3.55. The molecule has 2 aromatic rings. The van der Waals surface area contributed by atoms with E-state index in [4.69, 9.17) is 0 Å². The number of anilines is 1. The zero-order chi connectivity index (χ0) is 18.0. The molecule has 1 N–H and O–H groups in total. The van der Waals surface area contributed by atoms with Crippen molar-refractivity contribution in [2.24, 2.45) is 0 Å². The average Bonchev–Trinajstić information content (AvgIpc) is 3.11. The van der Waals surface area contributed by atoms with Crippen molar-refractivity contribution in [3.63, 3.8) is 0 Å². The van der Waals surface area contributed by atoms with Gasteiger partial charge in [-0.1, -0.05) is 24.3 Å². The van der Waals surface area contributed by atoms with Gasteiger partial charge in [-0.2, -0.15) is 0 Å². The number of nitrogens with one attached hydrogen (secondary N) is 1. The molecule has 1 aliphatic rings. The van der Waals surface area contributed by atoms with Crippen molar-refractivity contribution in [1.29, 1.82) is 0 Å². The third-order valence-electron chi connectivity index (χ3n) is 4.83. The quantitative estimate of drug-likeness (QED) is 0.881. The molecule has 1 fully saturated rings. The van der Waals surface area contributed by atoms with Crippen LogP contribution in [0.1, 0.15) is 42.5 Å². The molecule has 5 heteroatoms. The number of sulfonamides is 1. The van der Waals surface area contributed by atoms with Gasteiger partial charge in [0.1, 0.15) is 0 Å². The van der Waals surface area contributed by atoms with Gasteiger partial charge in [-0.05, 0) is 68.5 Å². The largest absolute Gasteiger partial charge is 0.372 e. The van der Waals surface area contributed by atoms with Crippen LogP contribution < -0.4 is 9.62 Å². The Morgan fingerprint density at radius 1 is 1.00 bits per heavy atom. The molecule has 1 atom stereocenters. The molecule has 0 aliphatic carbocycles. The van der Waals surface area contributed by atoms with Crippen LogP contribution in [0.15, 0.2) is 47.4 Å². The van der Waals surface area contributed by atoms with E-state index in [-0.39, 0.29) is 6.04 Å². The first-order chi connectivity index (χ1) is 11.9. The fraction of sp³-hybridized carbons (Fsp3) is 0.400. The lowest BCUT2D eigenvalue weighted by atomic mass is 10.1. The van der Waals surface area contributed by atoms with Crippen LogP contribution in [0, 0.1) is 13.8 Å². The first-order valence-electron chi connectivity index (χ1n) is 8.81. The SMILES string of the molecule is Cc1ccc(C)c(S(=O)(=O)NC(C)c2ccc(N3CCCC3)cc2)c1. The Labute approximate surface area is 150 Å². The van der Waals surface area contributed by atoms with Crippen LogP contribution in [-0.2, 0) is 10.0 Å². The summed E-state index contributed by atoms with van der Waals surface area (Å²) in [5.74, 6) is 0. The summed E-state index contributed by atoms with van der Waals surface area (Å²) in [6, 6.07) is 13.4. The van der Waals surface area contributed by atoms with E-state index < -0.39 is 10.0 Å². The van der Waals surface area contributed by atoms with Crippen molar-refractivity contribution in [1.82, 2.24) is 4.72 Å². The van der Waals surface area contributed by atoms with E-state index in [1.165, 1.54) is 18.5 Å². The van der Waals surface area contributed by atoms with E-state index in [1.54, 1.807) is 6.07 Å². The summed E-state index contributed by atoms with van der Waals surface area (Å²) in [6.07, 6.45) is 2.49. The van der Waals surface area contributed by atoms with Gasteiger partial charge in [-0.3, -0.25) is 0 Å². The monoisotopic (exact) mass is 358 g/mol. The number of nitrogens with zero attached hydrogens (tertiary/aromatic N) is 1. The van der Waals surface area contributed by atoms with E-state index in [0.29, 0.717) is 4.90 Å². The van der Waals surface area contributed by atoms with E-state index >= 15 is 0 Å². The van der Waals surface area contributed by atoms with Crippen LogP contribution in [-0.4, -0.2) is 21.5 Å². The van der Waals surface area contributed by atoms with Gasteiger partial charge in [0, 0.05) is 24.8 Å². The number of benzene rings is 2. The lowest BCUT2D eigenvalue weighted by Crippen LogP contribution is -2.27. The minimum atomic E-state index is -3.55. The molecule has 0 saturated carbocycles. The Kier molecular flexibility index (Phi) is 5.16. The fourth-order valence-corrected chi connectivity index (χ4v) is 4.87. The van der Waals surface area contributed by atoms with E-state index in [2.05, 4.69) is 21.8 Å². The topological polar surface area (TPSA) is 49.4 Å². The van der Waals surface area contributed by atoms with Crippen molar-refractivity contribution < 1.29 is 8.42 Å². The van der Waals surface area contributed by atoms with Crippen LogP contribution in [0.25, 0.3) is 0 Å². The Balaban J connectivity index is 1.76. The maximum Gasteiger partial charge on any atom is 0.241 e. The summed E-state index contributed by atoms with van der Waals surface area (Å²) in [6.45, 7) is 7.82. The fourth-order valence-electron chi connectivity index (χ4n) is 3.31. The maximum absolute atomic E-state index is 12.7. The highest BCUT2D eigenvalue weighted by atomic mass is 32.2. The van der Waals surface area contributed by atoms with Gasteiger partial charge in [-0.15, -0.1) is 0 Å². The Morgan fingerprint density at radius 2 is 1.64 bits per heavy atom. The molecule has 0 aromatic heterocycles. The highest BCUT2D eigenvalue weighted by Crippen LogP contribution is 2.24. The van der Waals surface area contributed by atoms with Gasteiger partial charge in [0.2, 0.25) is 10.0 Å². The van der Waals surface area contributed by atoms with Crippen molar-refractivity contribution in [3.05, 3.63) is 59.2 Å². The predicted molar refractivity (Wildman–Crippen MR) is 103 cm³/mol. The van der Waals surface area contributed by atoms with E-state index in [0.717, 1.165) is 29.8 Å². The summed E-state index contributed by atoms with van der Waals surface area (Å²) in [5, 5.41) is 0. The Hall–Kier alpha value is -1.85. The average molecular weight is 359 g/mol. The highest BCUT2D eigenvalue weighted by molar-refractivity contribution is 7.89. The smallest absolute Gasteiger partial charge is 0.241 e. The molecule has 1 saturated heterocycles. The van der Waals surface area contributed by atoms with Crippen molar-refractivity contribution in [2.45, 2.75) is 44.6 Å². The molecule has 3 rings (SSSR count). The second-order valence-corrected chi connectivity index (χ2v) is 8.58. The summed E-state index contributed by atoms with van der Waals surface area (Å²) in [5.41, 5.74) is 3.88. The lowest BCUT2D eigenvalue weighted by Gasteiger charge is -2.20. The minimum Gasteiger partial charge on any atom is -0.372 e. The maximum atomic E-state index is 12.7. The number of hydrogen-bond donors (Lipinski definition) is 1. The Morgan fingerprint density at radius 3 is 2.28 bits per heavy atom. The van der Waals surface area contributed by atoms with Crippen LogP contribution in [0.3, 0.4) is 0 Å². The van der Waals surface area contributed by atoms with Crippen LogP contribution in [0.5, 0.6) is 0 Å². The third kappa shape index (κ3) is 4.05. The van der Waals surface area contributed by atoms with Gasteiger partial charge < -0.3 is 4.90 Å². The molecule has 134 valence electrons. The standard InChI is InChI=1S/C20H26N2O2S/c1-15-6-7-16(2)20(14-15)25(23,24)21-17(3)18-8-10-19(11-9-18)22-12-4-5-13-22/h6-11,14,17,21H,4-5,12-13H2,1-3H3. The van der Waals surface area contributed by atoms with Crippen LogP contribution in [0.4, 0.5) is 5.69 Å². The van der Waals surface area contributed by atoms with E-state index in [1.807, 2.05) is 45.0 Å². The van der Waals surface area contributed by atoms with Crippen molar-refractivity contribution in [3.8, 4) is 0 Å². The first-order valence-corrected chi connectivity index (χ1v) is 10.3. The molecule has 25 heavy (non-hydrogen) atoms. The van der Waals surface area contributed by atoms with Gasteiger partial charge in [0.25, 0.3) is 0 Å². The van der Waals surface area contributed by atoms with Crippen molar-refractivity contribution in [2.75, 3.05) is 18.0 Å². The zero-order valence-corrected chi connectivity index (χ0v) is 15.9. The molecule has 1 aliphatic heterocycles. The minimum absolute atomic E-state index is 0.280. The summed E-state index contributed by atoms with van der Waals surface area (Å²) >= 11 is 0. The van der Waals surface area contributed by atoms with Gasteiger partial charge >= 0.3 is 0 Å². The molecule has 1 unspecified atom stereocenters. The van der Waals surface area contributed by atoms with Gasteiger partial charge in [-0.25, -0.2) is 13.1 Å². The van der Waals surface area contributed by atoms with Gasteiger partial charge in [0.05, 0.1) is 4.90 Å². The normalized spacial score (nSPS) is 16.2. The molecule has 0 bridgehead atoms. The number of aryl methyl sites for hydroxylation is 2. The number of hydrogen-bond acceptors (Lipinski definition) is 3. The zero-order valence-electron chi connectivity index (χ0n) is 15.1. The summed E-state index contributed by atoms with van der Waals surface area (Å²) < 4.78 is 28.3. The molecule has 0 spiro atoms. The van der Waals surface area contributed by atoms with Crippen molar-refractivity contribution >= 4 is 15.7 Å². The molecule has 2 aromatic carbocycles. The second kappa shape index (κ2) is 7.18. The highest BCUT2D eigenvalue weighted by Gasteiger charge is 2.21. The molecule has 4 nitrogen and oxygen atoms in total. The summed E-state index contributed by atoms with van der Waals surface area (Å²) in [4.78, 5) is 2.72. The molecular formula is C20H26N2O2S. The van der Waals surface area contributed by atoms with Crippen LogP contribution >= 0.6 is 0 Å². The molecular weight excluding hydrogens is 332 g/mol. The lowest BCUT2D eigenvalue weighted by molar-refractivity contribution is 0.566.